The molecule has 1 rings (SSSR count). The van der Waals surface area contributed by atoms with Gasteiger partial charge >= 0.3 is 5.97 Å². The minimum absolute atomic E-state index is 0.217. The van der Waals surface area contributed by atoms with E-state index in [1.165, 1.54) is 7.11 Å². The Bertz CT molecular complexity index is 349. The number of esters is 1. The Morgan fingerprint density at radius 1 is 1.47 bits per heavy atom. The second kappa shape index (κ2) is 7.01. The molecule has 0 atom stereocenters. The van der Waals surface area contributed by atoms with E-state index in [9.17, 15) is 4.79 Å². The van der Waals surface area contributed by atoms with Gasteiger partial charge in [0, 0.05) is 6.61 Å². The molecule has 0 N–H and O–H groups in total. The van der Waals surface area contributed by atoms with Gasteiger partial charge in [0.25, 0.3) is 0 Å². The van der Waals surface area contributed by atoms with Gasteiger partial charge in [0.2, 0.25) is 0 Å². The lowest BCUT2D eigenvalue weighted by atomic mass is 10.1. The third kappa shape index (κ3) is 4.95. The summed E-state index contributed by atoms with van der Waals surface area (Å²) >= 11 is 0. The van der Waals surface area contributed by atoms with Crippen LogP contribution in [0.4, 0.5) is 0 Å². The highest BCUT2D eigenvalue weighted by Gasteiger charge is 2.09. The Kier molecular flexibility index (Phi) is 5.62. The van der Waals surface area contributed by atoms with Crippen molar-refractivity contribution in [1.82, 2.24) is 15.0 Å². The van der Waals surface area contributed by atoms with Crippen LogP contribution in [0, 0.1) is 5.92 Å². The molecule has 0 saturated carbocycles. The highest BCUT2D eigenvalue weighted by molar-refractivity contribution is 5.86. The fraction of sp³-hybridized carbons (Fsp3) is 0.727. The second-order valence-corrected chi connectivity index (χ2v) is 4.15. The first kappa shape index (κ1) is 13.6. The predicted octanol–water partition coefficient (Wildman–Crippen LogP) is 1.13. The van der Waals surface area contributed by atoms with E-state index >= 15 is 0 Å². The van der Waals surface area contributed by atoms with Gasteiger partial charge in [-0.1, -0.05) is 19.1 Å². The normalized spacial score (nSPS) is 10.8. The van der Waals surface area contributed by atoms with Gasteiger partial charge in [0.05, 0.1) is 26.5 Å². The zero-order chi connectivity index (χ0) is 12.7. The van der Waals surface area contributed by atoms with Gasteiger partial charge in [-0.2, -0.15) is 0 Å². The summed E-state index contributed by atoms with van der Waals surface area (Å²) in [5.41, 5.74) is 0.217. The molecule has 0 aliphatic rings. The van der Waals surface area contributed by atoms with Crippen LogP contribution in [0.1, 0.15) is 30.8 Å². The van der Waals surface area contributed by atoms with Crippen molar-refractivity contribution in [2.24, 2.45) is 5.92 Å². The number of ether oxygens (including phenoxy) is 2. The molecule has 0 radical (unpaired) electrons. The molecule has 0 amide bonds. The molecule has 6 nitrogen and oxygen atoms in total. The summed E-state index contributed by atoms with van der Waals surface area (Å²) in [7, 11) is 1.32. The zero-order valence-electron chi connectivity index (χ0n) is 10.5. The van der Waals surface area contributed by atoms with E-state index in [-0.39, 0.29) is 5.69 Å². The topological polar surface area (TPSA) is 66.2 Å². The first-order valence-electron chi connectivity index (χ1n) is 5.69. The van der Waals surface area contributed by atoms with E-state index < -0.39 is 5.97 Å². The fourth-order valence-electron chi connectivity index (χ4n) is 1.18. The molecular weight excluding hydrogens is 222 g/mol. The molecule has 17 heavy (non-hydrogen) atoms. The summed E-state index contributed by atoms with van der Waals surface area (Å²) in [6.07, 6.45) is 2.60. The number of rotatable bonds is 7. The van der Waals surface area contributed by atoms with Crippen LogP contribution in [-0.4, -0.2) is 41.3 Å². The maximum Gasteiger partial charge on any atom is 0.360 e. The van der Waals surface area contributed by atoms with Crippen molar-refractivity contribution in [3.63, 3.8) is 0 Å². The van der Waals surface area contributed by atoms with Crippen molar-refractivity contribution in [2.45, 2.75) is 26.8 Å². The smallest absolute Gasteiger partial charge is 0.360 e. The Morgan fingerprint density at radius 3 is 2.88 bits per heavy atom. The van der Waals surface area contributed by atoms with Crippen molar-refractivity contribution >= 4 is 5.97 Å². The molecule has 0 aliphatic carbocycles. The molecule has 96 valence electrons. The van der Waals surface area contributed by atoms with Crippen molar-refractivity contribution in [2.75, 3.05) is 20.3 Å². The Hall–Kier alpha value is -1.43. The maximum atomic E-state index is 11.1. The number of carbonyl (C=O) groups excluding carboxylic acids is 1. The molecule has 0 aliphatic heterocycles. The molecule has 0 spiro atoms. The van der Waals surface area contributed by atoms with Gasteiger partial charge in [0.1, 0.15) is 0 Å². The van der Waals surface area contributed by atoms with Gasteiger partial charge < -0.3 is 9.47 Å². The molecule has 0 unspecified atom stereocenters. The predicted molar refractivity (Wildman–Crippen MR) is 61.6 cm³/mol. The first-order chi connectivity index (χ1) is 8.13. The molecule has 1 aromatic rings. The van der Waals surface area contributed by atoms with Crippen LogP contribution in [0.2, 0.25) is 0 Å². The summed E-state index contributed by atoms with van der Waals surface area (Å²) in [5.74, 6) is 0.171. The Labute approximate surface area is 101 Å². The average Bonchev–Trinajstić information content (AvgIpc) is 2.76. The summed E-state index contributed by atoms with van der Waals surface area (Å²) in [4.78, 5) is 11.1. The van der Waals surface area contributed by atoms with Gasteiger partial charge in [-0.25, -0.2) is 9.48 Å². The van der Waals surface area contributed by atoms with Crippen LogP contribution in [0.25, 0.3) is 0 Å². The summed E-state index contributed by atoms with van der Waals surface area (Å²) < 4.78 is 11.5. The lowest BCUT2D eigenvalue weighted by Gasteiger charge is -2.05. The van der Waals surface area contributed by atoms with E-state index in [1.807, 2.05) is 0 Å². The summed E-state index contributed by atoms with van der Waals surface area (Å²) in [5, 5.41) is 7.50. The van der Waals surface area contributed by atoms with E-state index in [0.29, 0.717) is 19.1 Å². The van der Waals surface area contributed by atoms with Gasteiger partial charge in [-0.3, -0.25) is 0 Å². The number of nitrogens with zero attached hydrogens (tertiary/aromatic N) is 3. The zero-order valence-corrected chi connectivity index (χ0v) is 10.5. The molecule has 0 fully saturated rings. The molecule has 0 aromatic carbocycles. The molecule has 0 saturated heterocycles. The minimum atomic E-state index is -0.475. The van der Waals surface area contributed by atoms with Crippen LogP contribution >= 0.6 is 0 Å². The van der Waals surface area contributed by atoms with E-state index in [1.54, 1.807) is 10.9 Å². The van der Waals surface area contributed by atoms with Crippen LogP contribution in [0.3, 0.4) is 0 Å². The highest BCUT2D eigenvalue weighted by atomic mass is 16.5. The SMILES string of the molecule is COC(=O)c1cn(CCOCCC(C)C)nn1. The Morgan fingerprint density at radius 2 is 2.24 bits per heavy atom. The monoisotopic (exact) mass is 241 g/mol. The van der Waals surface area contributed by atoms with Crippen molar-refractivity contribution in [3.8, 4) is 0 Å². The van der Waals surface area contributed by atoms with E-state index in [4.69, 9.17) is 4.74 Å². The largest absolute Gasteiger partial charge is 0.464 e. The van der Waals surface area contributed by atoms with Crippen molar-refractivity contribution in [1.29, 1.82) is 0 Å². The number of methoxy groups -OCH3 is 1. The highest BCUT2D eigenvalue weighted by Crippen LogP contribution is 1.99. The molecule has 1 heterocycles. The second-order valence-electron chi connectivity index (χ2n) is 4.15. The van der Waals surface area contributed by atoms with Crippen molar-refractivity contribution in [3.05, 3.63) is 11.9 Å². The quantitative estimate of drug-likeness (QED) is 0.529. The van der Waals surface area contributed by atoms with E-state index in [2.05, 4.69) is 28.9 Å². The van der Waals surface area contributed by atoms with E-state index in [0.717, 1.165) is 13.0 Å². The molecular formula is C11H19N3O3. The minimum Gasteiger partial charge on any atom is -0.464 e. The van der Waals surface area contributed by atoms with Crippen molar-refractivity contribution < 1.29 is 14.3 Å². The third-order valence-corrected chi connectivity index (χ3v) is 2.24. The van der Waals surface area contributed by atoms with Crippen LogP contribution in [0.15, 0.2) is 6.20 Å². The van der Waals surface area contributed by atoms with Crippen LogP contribution in [0.5, 0.6) is 0 Å². The average molecular weight is 241 g/mol. The van der Waals surface area contributed by atoms with Crippen LogP contribution < -0.4 is 0 Å². The number of aromatic nitrogens is 3. The summed E-state index contributed by atoms with van der Waals surface area (Å²) in [6, 6.07) is 0. The fourth-order valence-corrected chi connectivity index (χ4v) is 1.18. The lowest BCUT2D eigenvalue weighted by molar-refractivity contribution is 0.0593. The summed E-state index contributed by atoms with van der Waals surface area (Å²) in [6.45, 7) is 6.21. The Balaban J connectivity index is 2.23. The van der Waals surface area contributed by atoms with Gasteiger partial charge in [-0.15, -0.1) is 5.10 Å². The first-order valence-corrected chi connectivity index (χ1v) is 5.69. The number of hydrogen-bond acceptors (Lipinski definition) is 5. The molecule has 1 aromatic heterocycles. The third-order valence-electron chi connectivity index (χ3n) is 2.24. The molecule has 0 bridgehead atoms. The lowest BCUT2D eigenvalue weighted by Crippen LogP contribution is -2.08. The van der Waals surface area contributed by atoms with Gasteiger partial charge in [0.15, 0.2) is 5.69 Å². The maximum absolute atomic E-state index is 11.1. The standard InChI is InChI=1S/C11H19N3O3/c1-9(2)4-6-17-7-5-14-8-10(12-13-14)11(15)16-3/h8-9H,4-7H2,1-3H3. The van der Waals surface area contributed by atoms with Gasteiger partial charge in [-0.05, 0) is 12.3 Å². The van der Waals surface area contributed by atoms with Crippen LogP contribution in [-0.2, 0) is 16.0 Å². The number of hydrogen-bond donors (Lipinski definition) is 0. The molecule has 6 heteroatoms. The number of carbonyl (C=O) groups is 1.